The molecule has 1 atom stereocenters. The monoisotopic (exact) mass is 246 g/mol. The van der Waals surface area contributed by atoms with E-state index in [2.05, 4.69) is 5.32 Å². The Morgan fingerprint density at radius 3 is 2.29 bits per heavy atom. The normalized spacial score (nSPS) is 12.9. The zero-order valence-electron chi connectivity index (χ0n) is 10.1. The first-order valence-electron chi connectivity index (χ1n) is 5.08. The van der Waals surface area contributed by atoms with E-state index in [1.54, 1.807) is 0 Å². The van der Waals surface area contributed by atoms with Crippen LogP contribution in [0.1, 0.15) is 26.7 Å². The van der Waals surface area contributed by atoms with Crippen molar-refractivity contribution in [3.63, 3.8) is 0 Å². The van der Waals surface area contributed by atoms with Gasteiger partial charge in [0.25, 0.3) is 5.91 Å². The van der Waals surface area contributed by atoms with Crippen LogP contribution < -0.4 is 11.1 Å². The summed E-state index contributed by atoms with van der Waals surface area (Å²) in [7, 11) is 1.35. The highest BCUT2D eigenvalue weighted by Gasteiger charge is 2.31. The van der Waals surface area contributed by atoms with Crippen LogP contribution in [0.15, 0.2) is 0 Å². The molecule has 0 heterocycles. The quantitative estimate of drug-likeness (QED) is 0.546. The Kier molecular flexibility index (Phi) is 5.60. The van der Waals surface area contributed by atoms with E-state index in [1.165, 1.54) is 21.0 Å². The second-order valence-electron chi connectivity index (χ2n) is 4.08. The summed E-state index contributed by atoms with van der Waals surface area (Å²) < 4.78 is 4.91. The zero-order valence-corrected chi connectivity index (χ0v) is 10.1. The molecule has 0 fully saturated rings. The molecule has 0 bridgehead atoms. The third-order valence-electron chi connectivity index (χ3n) is 2.34. The number of carbonyl (C=O) groups excluding carboxylic acids is 2. The van der Waals surface area contributed by atoms with Crippen LogP contribution >= 0.6 is 0 Å². The summed E-state index contributed by atoms with van der Waals surface area (Å²) in [6.45, 7) is 3.02. The van der Waals surface area contributed by atoms with Gasteiger partial charge in [-0.25, -0.2) is 4.79 Å². The lowest BCUT2D eigenvalue weighted by Gasteiger charge is -2.24. The predicted octanol–water partition coefficient (Wildman–Crippen LogP) is -0.754. The van der Waals surface area contributed by atoms with Crippen molar-refractivity contribution >= 4 is 17.8 Å². The van der Waals surface area contributed by atoms with Crippen molar-refractivity contribution < 1.29 is 24.2 Å². The maximum Gasteiger partial charge on any atom is 0.326 e. The van der Waals surface area contributed by atoms with E-state index in [0.29, 0.717) is 0 Å². The number of methoxy groups -OCH3 is 1. The number of nitrogens with one attached hydrogen (secondary N) is 1. The van der Waals surface area contributed by atoms with Crippen LogP contribution in [-0.2, 0) is 19.1 Å². The van der Waals surface area contributed by atoms with E-state index in [9.17, 15) is 14.4 Å². The van der Waals surface area contributed by atoms with Crippen LogP contribution in [0.2, 0.25) is 0 Å². The molecule has 0 saturated heterocycles. The number of carboxylic acid groups (broad SMARTS) is 1. The first-order valence-corrected chi connectivity index (χ1v) is 5.08. The number of carbonyl (C=O) groups is 3. The number of carboxylic acids is 1. The molecule has 0 aromatic heterocycles. The van der Waals surface area contributed by atoms with Gasteiger partial charge in [-0.2, -0.15) is 0 Å². The Morgan fingerprint density at radius 2 is 1.94 bits per heavy atom. The minimum absolute atomic E-state index is 0.0454. The van der Waals surface area contributed by atoms with Crippen molar-refractivity contribution in [3.8, 4) is 0 Å². The number of hydrogen-bond donors (Lipinski definition) is 3. The highest BCUT2D eigenvalue weighted by atomic mass is 16.5. The third kappa shape index (κ3) is 5.30. The summed E-state index contributed by atoms with van der Waals surface area (Å²) in [6, 6.07) is -1.15. The minimum Gasteiger partial charge on any atom is -0.480 e. The Hall–Kier alpha value is -1.63. The van der Waals surface area contributed by atoms with Gasteiger partial charge >= 0.3 is 5.97 Å². The van der Waals surface area contributed by atoms with Crippen LogP contribution in [-0.4, -0.2) is 41.6 Å². The number of rotatable bonds is 7. The van der Waals surface area contributed by atoms with Crippen LogP contribution in [0.5, 0.6) is 0 Å². The summed E-state index contributed by atoms with van der Waals surface area (Å²) in [5.74, 6) is -2.39. The molecule has 0 aliphatic heterocycles. The fourth-order valence-corrected chi connectivity index (χ4v) is 0.969. The molecule has 0 aliphatic carbocycles. The van der Waals surface area contributed by atoms with Crippen molar-refractivity contribution in [2.24, 2.45) is 5.73 Å². The fraction of sp³-hybridized carbons (Fsp3) is 0.700. The van der Waals surface area contributed by atoms with E-state index >= 15 is 0 Å². The Morgan fingerprint density at radius 1 is 1.41 bits per heavy atom. The molecule has 0 spiro atoms. The topological polar surface area (TPSA) is 119 Å². The largest absolute Gasteiger partial charge is 0.480 e. The summed E-state index contributed by atoms with van der Waals surface area (Å²) >= 11 is 0. The molecule has 7 heteroatoms. The van der Waals surface area contributed by atoms with Gasteiger partial charge in [0.2, 0.25) is 5.91 Å². The molecule has 2 amide bonds. The van der Waals surface area contributed by atoms with E-state index in [1.807, 2.05) is 0 Å². The SMILES string of the molecule is COC(C)(C)C(=O)N[C@H](CCC(N)=O)C(=O)O. The zero-order chi connectivity index (χ0) is 13.6. The maximum atomic E-state index is 11.6. The van der Waals surface area contributed by atoms with E-state index in [4.69, 9.17) is 15.6 Å². The molecule has 98 valence electrons. The van der Waals surface area contributed by atoms with Gasteiger partial charge in [-0.05, 0) is 20.3 Å². The molecule has 7 nitrogen and oxygen atoms in total. The van der Waals surface area contributed by atoms with Gasteiger partial charge in [0.05, 0.1) is 0 Å². The van der Waals surface area contributed by atoms with Crippen LogP contribution in [0.3, 0.4) is 0 Å². The highest BCUT2D eigenvalue weighted by Crippen LogP contribution is 2.08. The Labute approximate surface area is 99.3 Å². The van der Waals surface area contributed by atoms with Crippen molar-refractivity contribution in [2.45, 2.75) is 38.3 Å². The Bertz CT molecular complexity index is 314. The molecule has 0 radical (unpaired) electrons. The predicted molar refractivity (Wildman–Crippen MR) is 59.1 cm³/mol. The summed E-state index contributed by atoms with van der Waals surface area (Å²) in [4.78, 5) is 33.1. The van der Waals surface area contributed by atoms with Gasteiger partial charge in [0, 0.05) is 13.5 Å². The lowest BCUT2D eigenvalue weighted by Crippen LogP contribution is -2.50. The molecular formula is C10H18N2O5. The number of amides is 2. The summed E-state index contributed by atoms with van der Waals surface area (Å²) in [6.07, 6.45) is -0.152. The average molecular weight is 246 g/mol. The number of primary amides is 1. The number of nitrogens with two attached hydrogens (primary N) is 1. The lowest BCUT2D eigenvalue weighted by molar-refractivity contribution is -0.147. The summed E-state index contributed by atoms with van der Waals surface area (Å²) in [5.41, 5.74) is 3.79. The van der Waals surface area contributed by atoms with Crippen LogP contribution in [0, 0.1) is 0 Å². The second-order valence-corrected chi connectivity index (χ2v) is 4.08. The third-order valence-corrected chi connectivity index (χ3v) is 2.34. The smallest absolute Gasteiger partial charge is 0.326 e. The van der Waals surface area contributed by atoms with Gasteiger partial charge in [-0.15, -0.1) is 0 Å². The molecule has 4 N–H and O–H groups in total. The number of ether oxygens (including phenoxy) is 1. The van der Waals surface area contributed by atoms with Crippen molar-refractivity contribution in [2.75, 3.05) is 7.11 Å². The molecule has 0 saturated carbocycles. The van der Waals surface area contributed by atoms with Crippen molar-refractivity contribution in [1.82, 2.24) is 5.32 Å². The number of aliphatic carboxylic acids is 1. The molecular weight excluding hydrogens is 228 g/mol. The van der Waals surface area contributed by atoms with Gasteiger partial charge in [-0.3, -0.25) is 9.59 Å². The van der Waals surface area contributed by atoms with Gasteiger partial charge in [0.1, 0.15) is 11.6 Å². The minimum atomic E-state index is -1.22. The van der Waals surface area contributed by atoms with Crippen molar-refractivity contribution in [1.29, 1.82) is 0 Å². The fourth-order valence-electron chi connectivity index (χ4n) is 0.969. The molecule has 0 aromatic rings. The van der Waals surface area contributed by atoms with Crippen LogP contribution in [0.4, 0.5) is 0 Å². The molecule has 0 aromatic carbocycles. The Balaban J connectivity index is 4.50. The molecule has 0 unspecified atom stereocenters. The van der Waals surface area contributed by atoms with Crippen LogP contribution in [0.25, 0.3) is 0 Å². The number of hydrogen-bond acceptors (Lipinski definition) is 4. The maximum absolute atomic E-state index is 11.6. The molecule has 17 heavy (non-hydrogen) atoms. The molecule has 0 rings (SSSR count). The van der Waals surface area contributed by atoms with E-state index < -0.39 is 29.4 Å². The first-order chi connectivity index (χ1) is 7.70. The lowest BCUT2D eigenvalue weighted by atomic mass is 10.1. The van der Waals surface area contributed by atoms with E-state index in [0.717, 1.165) is 0 Å². The highest BCUT2D eigenvalue weighted by molar-refractivity contribution is 5.89. The molecule has 0 aliphatic rings. The standard InChI is InChI=1S/C10H18N2O5/c1-10(2,17-3)9(16)12-6(8(14)15)4-5-7(11)13/h6H,4-5H2,1-3H3,(H2,11,13)(H,12,16)(H,14,15)/t6-/m1/s1. The average Bonchev–Trinajstić information content (AvgIpc) is 2.22. The van der Waals surface area contributed by atoms with Gasteiger partial charge in [0.15, 0.2) is 0 Å². The second kappa shape index (κ2) is 6.19. The van der Waals surface area contributed by atoms with Gasteiger partial charge in [-0.1, -0.05) is 0 Å². The van der Waals surface area contributed by atoms with E-state index in [-0.39, 0.29) is 12.8 Å². The van der Waals surface area contributed by atoms with Crippen molar-refractivity contribution in [3.05, 3.63) is 0 Å². The first kappa shape index (κ1) is 15.4. The summed E-state index contributed by atoms with van der Waals surface area (Å²) in [5, 5.41) is 11.2. The van der Waals surface area contributed by atoms with Gasteiger partial charge < -0.3 is 20.9 Å².